The molecule has 0 aliphatic heterocycles. The lowest BCUT2D eigenvalue weighted by Gasteiger charge is -2.20. The van der Waals surface area contributed by atoms with Crippen molar-refractivity contribution in [2.75, 3.05) is 0 Å². The van der Waals surface area contributed by atoms with Crippen molar-refractivity contribution in [3.63, 3.8) is 0 Å². The number of benzene rings is 1. The van der Waals surface area contributed by atoms with E-state index < -0.39 is 0 Å². The Labute approximate surface area is 116 Å². The van der Waals surface area contributed by atoms with E-state index in [0.717, 1.165) is 24.2 Å². The molecule has 0 amide bonds. The van der Waals surface area contributed by atoms with Gasteiger partial charge in [0.15, 0.2) is 0 Å². The summed E-state index contributed by atoms with van der Waals surface area (Å²) in [5.41, 5.74) is 10.8. The molecule has 1 aromatic heterocycles. The summed E-state index contributed by atoms with van der Waals surface area (Å²) in [5, 5.41) is 1.26. The second-order valence-corrected chi connectivity index (χ2v) is 6.40. The maximum atomic E-state index is 6.09. The van der Waals surface area contributed by atoms with Crippen molar-refractivity contribution in [1.29, 1.82) is 0 Å². The van der Waals surface area contributed by atoms with Gasteiger partial charge in [-0.2, -0.15) is 0 Å². The van der Waals surface area contributed by atoms with Gasteiger partial charge in [0.05, 0.1) is 6.54 Å². The molecule has 0 saturated heterocycles. The molecule has 2 rings (SSSR count). The van der Waals surface area contributed by atoms with Gasteiger partial charge in [0.1, 0.15) is 11.3 Å². The number of aryl methyl sites for hydroxylation is 2. The van der Waals surface area contributed by atoms with Crippen LogP contribution in [-0.2, 0) is 18.4 Å². The molecule has 0 fully saturated rings. The van der Waals surface area contributed by atoms with Crippen LogP contribution in [0.5, 0.6) is 0 Å². The summed E-state index contributed by atoms with van der Waals surface area (Å²) in [6, 6.07) is 4.47. The fourth-order valence-corrected chi connectivity index (χ4v) is 2.69. The van der Waals surface area contributed by atoms with Crippen LogP contribution in [0.3, 0.4) is 0 Å². The third kappa shape index (κ3) is 2.55. The van der Waals surface area contributed by atoms with E-state index in [1.807, 2.05) is 0 Å². The topological polar surface area (TPSA) is 39.2 Å². The number of nitrogens with two attached hydrogens (primary N) is 1. The first-order valence-corrected chi connectivity index (χ1v) is 7.14. The van der Waals surface area contributed by atoms with Gasteiger partial charge in [-0.1, -0.05) is 40.2 Å². The van der Waals surface area contributed by atoms with Crippen LogP contribution in [0.25, 0.3) is 11.0 Å². The summed E-state index contributed by atoms with van der Waals surface area (Å²) in [7, 11) is 0. The zero-order valence-corrected chi connectivity index (χ0v) is 12.8. The first kappa shape index (κ1) is 14.1. The maximum absolute atomic E-state index is 6.09. The van der Waals surface area contributed by atoms with Crippen molar-refractivity contribution in [2.24, 2.45) is 5.73 Å². The summed E-state index contributed by atoms with van der Waals surface area (Å²) in [5.74, 6) is 0.952. The Morgan fingerprint density at radius 1 is 1.21 bits per heavy atom. The highest BCUT2D eigenvalue weighted by Gasteiger charge is 2.22. The number of furan rings is 1. The monoisotopic (exact) mass is 259 g/mol. The van der Waals surface area contributed by atoms with Gasteiger partial charge in [-0.25, -0.2) is 0 Å². The van der Waals surface area contributed by atoms with Crippen molar-refractivity contribution in [2.45, 2.75) is 59.4 Å². The maximum Gasteiger partial charge on any atom is 0.138 e. The van der Waals surface area contributed by atoms with E-state index >= 15 is 0 Å². The molecule has 0 aliphatic rings. The highest BCUT2D eigenvalue weighted by Crippen LogP contribution is 2.36. The Balaban J connectivity index is 2.79. The molecule has 19 heavy (non-hydrogen) atoms. The van der Waals surface area contributed by atoms with Gasteiger partial charge in [-0.3, -0.25) is 0 Å². The molecule has 1 aromatic carbocycles. The molecular weight excluding hydrogens is 234 g/mol. The molecule has 1 heterocycles. The summed E-state index contributed by atoms with van der Waals surface area (Å²) in [4.78, 5) is 0. The van der Waals surface area contributed by atoms with E-state index in [-0.39, 0.29) is 5.41 Å². The predicted molar refractivity (Wildman–Crippen MR) is 81.5 cm³/mol. The SMILES string of the molecule is CCCc1c(CN)oc2c(C(C)(C)C)cc(C)cc12. The second kappa shape index (κ2) is 5.01. The number of rotatable bonds is 3. The lowest BCUT2D eigenvalue weighted by molar-refractivity contribution is 0.522. The molecule has 2 N–H and O–H groups in total. The zero-order chi connectivity index (χ0) is 14.2. The normalized spacial score (nSPS) is 12.3. The van der Waals surface area contributed by atoms with E-state index in [9.17, 15) is 0 Å². The molecular formula is C17H25NO. The van der Waals surface area contributed by atoms with E-state index in [0.29, 0.717) is 6.54 Å². The van der Waals surface area contributed by atoms with Gasteiger partial charge < -0.3 is 10.2 Å². The van der Waals surface area contributed by atoms with Crippen LogP contribution in [-0.4, -0.2) is 0 Å². The molecule has 0 atom stereocenters. The minimum atomic E-state index is 0.0808. The zero-order valence-electron chi connectivity index (χ0n) is 12.8. The summed E-state index contributed by atoms with van der Waals surface area (Å²) < 4.78 is 6.09. The lowest BCUT2D eigenvalue weighted by Crippen LogP contribution is -2.11. The van der Waals surface area contributed by atoms with Crippen molar-refractivity contribution >= 4 is 11.0 Å². The predicted octanol–water partition coefficient (Wildman–Crippen LogP) is 4.45. The van der Waals surface area contributed by atoms with Gasteiger partial charge in [-0.05, 0) is 30.4 Å². The van der Waals surface area contributed by atoms with Gasteiger partial charge in [-0.15, -0.1) is 0 Å². The molecule has 0 spiro atoms. The Bertz CT molecular complexity index is 587. The van der Waals surface area contributed by atoms with Crippen LogP contribution < -0.4 is 5.73 Å². The van der Waals surface area contributed by atoms with Crippen molar-refractivity contribution < 1.29 is 4.42 Å². The van der Waals surface area contributed by atoms with E-state index in [1.165, 1.54) is 22.1 Å². The second-order valence-electron chi connectivity index (χ2n) is 6.40. The van der Waals surface area contributed by atoms with Crippen LogP contribution in [0.4, 0.5) is 0 Å². The first-order valence-electron chi connectivity index (χ1n) is 7.14. The Morgan fingerprint density at radius 3 is 2.42 bits per heavy atom. The largest absolute Gasteiger partial charge is 0.459 e. The van der Waals surface area contributed by atoms with E-state index in [1.54, 1.807) is 0 Å². The molecule has 0 radical (unpaired) electrons. The van der Waals surface area contributed by atoms with Gasteiger partial charge in [0.2, 0.25) is 0 Å². The van der Waals surface area contributed by atoms with Crippen LogP contribution in [0.2, 0.25) is 0 Å². The highest BCUT2D eigenvalue weighted by atomic mass is 16.3. The average Bonchev–Trinajstić information content (AvgIpc) is 2.66. The van der Waals surface area contributed by atoms with Crippen LogP contribution in [0, 0.1) is 6.92 Å². The Hall–Kier alpha value is -1.28. The smallest absolute Gasteiger partial charge is 0.138 e. The number of fused-ring (bicyclic) bond motifs is 1. The minimum absolute atomic E-state index is 0.0808. The highest BCUT2D eigenvalue weighted by molar-refractivity contribution is 5.86. The first-order chi connectivity index (χ1) is 8.88. The molecule has 104 valence electrons. The number of hydrogen-bond donors (Lipinski definition) is 1. The molecule has 2 nitrogen and oxygen atoms in total. The fourth-order valence-electron chi connectivity index (χ4n) is 2.69. The van der Waals surface area contributed by atoms with E-state index in [4.69, 9.17) is 10.2 Å². The van der Waals surface area contributed by atoms with Crippen LogP contribution >= 0.6 is 0 Å². The Kier molecular flexibility index (Phi) is 3.73. The molecule has 0 saturated carbocycles. The summed E-state index contributed by atoms with van der Waals surface area (Å²) in [6.45, 7) is 11.5. The molecule has 0 unspecified atom stereocenters. The third-order valence-electron chi connectivity index (χ3n) is 3.61. The van der Waals surface area contributed by atoms with Gasteiger partial charge in [0, 0.05) is 16.5 Å². The van der Waals surface area contributed by atoms with Crippen LogP contribution in [0.15, 0.2) is 16.5 Å². The quantitative estimate of drug-likeness (QED) is 0.884. The summed E-state index contributed by atoms with van der Waals surface area (Å²) in [6.07, 6.45) is 2.15. The molecule has 2 heteroatoms. The minimum Gasteiger partial charge on any atom is -0.459 e. The summed E-state index contributed by atoms with van der Waals surface area (Å²) >= 11 is 0. The van der Waals surface area contributed by atoms with Crippen molar-refractivity contribution in [1.82, 2.24) is 0 Å². The van der Waals surface area contributed by atoms with Gasteiger partial charge >= 0.3 is 0 Å². The molecule has 0 bridgehead atoms. The van der Waals surface area contributed by atoms with Gasteiger partial charge in [0.25, 0.3) is 0 Å². The number of hydrogen-bond acceptors (Lipinski definition) is 2. The average molecular weight is 259 g/mol. The fraction of sp³-hybridized carbons (Fsp3) is 0.529. The van der Waals surface area contributed by atoms with Crippen molar-refractivity contribution in [3.8, 4) is 0 Å². The van der Waals surface area contributed by atoms with E-state index in [2.05, 4.69) is 46.8 Å². The molecule has 0 aliphatic carbocycles. The Morgan fingerprint density at radius 2 is 1.89 bits per heavy atom. The molecule has 2 aromatic rings. The van der Waals surface area contributed by atoms with Crippen LogP contribution in [0.1, 0.15) is 56.6 Å². The lowest BCUT2D eigenvalue weighted by atomic mass is 9.84. The standard InChI is InChI=1S/C17H25NO/c1-6-7-12-13-8-11(2)9-14(17(3,4)5)16(13)19-15(12)10-18/h8-9H,6-7,10,18H2,1-5H3. The third-order valence-corrected chi connectivity index (χ3v) is 3.61. The van der Waals surface area contributed by atoms with Crippen molar-refractivity contribution in [3.05, 3.63) is 34.6 Å².